The Morgan fingerprint density at radius 1 is 1.15 bits per heavy atom. The Bertz CT molecular complexity index is 1190. The molecule has 7 nitrogen and oxygen atoms in total. The van der Waals surface area contributed by atoms with Gasteiger partial charge in [-0.3, -0.25) is 4.79 Å². The molecule has 4 rings (SSSR count). The molecular formula is C21H18ClF3N4O3S. The van der Waals surface area contributed by atoms with Gasteiger partial charge in [-0.05, 0) is 36.4 Å². The normalized spacial score (nSPS) is 13.5. The highest BCUT2D eigenvalue weighted by Gasteiger charge is 2.31. The Labute approximate surface area is 196 Å². The SMILES string of the molecule is Cn1c(SCC(=O)Nc2cc(C(F)(F)F)ccc2Cl)nnc1-c1ccc2c(c1)OCCCO2. The lowest BCUT2D eigenvalue weighted by molar-refractivity contribution is -0.137. The summed E-state index contributed by atoms with van der Waals surface area (Å²) >= 11 is 7.02. The van der Waals surface area contributed by atoms with E-state index < -0.39 is 17.6 Å². The van der Waals surface area contributed by atoms with Gasteiger partial charge in [0.25, 0.3) is 0 Å². The number of nitrogens with zero attached hydrogens (tertiary/aromatic N) is 3. The quantitative estimate of drug-likeness (QED) is 0.496. The average Bonchev–Trinajstić information content (AvgIpc) is 2.98. The lowest BCUT2D eigenvalue weighted by Crippen LogP contribution is -2.16. The van der Waals surface area contributed by atoms with Gasteiger partial charge in [0, 0.05) is 19.0 Å². The second-order valence-corrected chi connectivity index (χ2v) is 8.46. The first-order chi connectivity index (χ1) is 15.7. The summed E-state index contributed by atoms with van der Waals surface area (Å²) in [5.74, 6) is 1.23. The minimum atomic E-state index is -4.54. The summed E-state index contributed by atoms with van der Waals surface area (Å²) in [4.78, 5) is 12.3. The third-order valence-electron chi connectivity index (χ3n) is 4.74. The van der Waals surface area contributed by atoms with Crippen LogP contribution in [0.5, 0.6) is 11.5 Å². The summed E-state index contributed by atoms with van der Waals surface area (Å²) in [5.41, 5.74) is -0.243. The van der Waals surface area contributed by atoms with Gasteiger partial charge < -0.3 is 19.4 Å². The Kier molecular flexibility index (Phi) is 6.71. The van der Waals surface area contributed by atoms with E-state index in [1.165, 1.54) is 0 Å². The summed E-state index contributed by atoms with van der Waals surface area (Å²) in [5, 5.41) is 11.2. The van der Waals surface area contributed by atoms with E-state index in [1.807, 2.05) is 18.2 Å². The van der Waals surface area contributed by atoms with Crippen molar-refractivity contribution >= 4 is 35.0 Å². The molecule has 0 saturated carbocycles. The Balaban J connectivity index is 1.43. The molecule has 2 aromatic carbocycles. The number of rotatable bonds is 5. The Hall–Kier alpha value is -2.92. The first-order valence-electron chi connectivity index (χ1n) is 9.81. The summed E-state index contributed by atoms with van der Waals surface area (Å²) < 4.78 is 51.8. The largest absolute Gasteiger partial charge is 0.490 e. The maximum atomic E-state index is 12.9. The predicted molar refractivity (Wildman–Crippen MR) is 118 cm³/mol. The van der Waals surface area contributed by atoms with Crippen LogP contribution in [-0.4, -0.2) is 39.6 Å². The van der Waals surface area contributed by atoms with E-state index in [9.17, 15) is 18.0 Å². The van der Waals surface area contributed by atoms with Crippen LogP contribution < -0.4 is 14.8 Å². The molecule has 0 bridgehead atoms. The lowest BCUT2D eigenvalue weighted by atomic mass is 10.2. The fourth-order valence-electron chi connectivity index (χ4n) is 3.11. The molecule has 1 amide bonds. The van der Waals surface area contributed by atoms with E-state index in [0.717, 1.165) is 41.9 Å². The Morgan fingerprint density at radius 3 is 2.67 bits per heavy atom. The van der Waals surface area contributed by atoms with E-state index >= 15 is 0 Å². The van der Waals surface area contributed by atoms with Gasteiger partial charge in [-0.1, -0.05) is 23.4 Å². The van der Waals surface area contributed by atoms with Crippen molar-refractivity contribution in [2.75, 3.05) is 24.3 Å². The number of amides is 1. The zero-order valence-electron chi connectivity index (χ0n) is 17.3. The third-order valence-corrected chi connectivity index (χ3v) is 6.09. The minimum absolute atomic E-state index is 0.0108. The molecule has 1 N–H and O–H groups in total. The average molecular weight is 499 g/mol. The Morgan fingerprint density at radius 2 is 1.91 bits per heavy atom. The van der Waals surface area contributed by atoms with Gasteiger partial charge in [-0.15, -0.1) is 10.2 Å². The number of fused-ring (bicyclic) bond motifs is 1. The van der Waals surface area contributed by atoms with Crippen LogP contribution >= 0.6 is 23.4 Å². The molecule has 0 unspecified atom stereocenters. The highest BCUT2D eigenvalue weighted by Crippen LogP contribution is 2.35. The molecular weight excluding hydrogens is 481 g/mol. The van der Waals surface area contributed by atoms with Gasteiger partial charge in [-0.25, -0.2) is 0 Å². The fraction of sp³-hybridized carbons (Fsp3) is 0.286. The number of aromatic nitrogens is 3. The standard InChI is InChI=1S/C21H18ClF3N4O3S/c1-29-19(12-3-6-16-17(9-12)32-8-2-7-31-16)27-28-20(29)33-11-18(30)26-15-10-13(21(23,24)25)4-5-14(15)22/h3-6,9-10H,2,7-8,11H2,1H3,(H,26,30). The molecule has 0 radical (unpaired) electrons. The number of alkyl halides is 3. The van der Waals surface area contributed by atoms with Crippen LogP contribution in [0.15, 0.2) is 41.6 Å². The number of nitrogens with one attached hydrogen (secondary N) is 1. The zero-order chi connectivity index (χ0) is 23.6. The molecule has 0 fully saturated rings. The fourth-order valence-corrected chi connectivity index (χ4v) is 3.98. The van der Waals surface area contributed by atoms with Crippen LogP contribution in [0.4, 0.5) is 18.9 Å². The molecule has 1 aliphatic rings. The molecule has 0 saturated heterocycles. The predicted octanol–water partition coefficient (Wildman–Crippen LogP) is 5.05. The van der Waals surface area contributed by atoms with Crippen molar-refractivity contribution < 1.29 is 27.4 Å². The van der Waals surface area contributed by atoms with E-state index in [-0.39, 0.29) is 16.5 Å². The van der Waals surface area contributed by atoms with Crippen molar-refractivity contribution in [2.45, 2.75) is 17.8 Å². The van der Waals surface area contributed by atoms with Crippen LogP contribution in [0.3, 0.4) is 0 Å². The molecule has 1 aromatic heterocycles. The van der Waals surface area contributed by atoms with E-state index in [1.54, 1.807) is 11.6 Å². The maximum absolute atomic E-state index is 12.9. The first kappa shape index (κ1) is 23.2. The zero-order valence-corrected chi connectivity index (χ0v) is 18.9. The van der Waals surface area contributed by atoms with Gasteiger partial charge in [-0.2, -0.15) is 13.2 Å². The molecule has 2 heterocycles. The second-order valence-electron chi connectivity index (χ2n) is 7.11. The van der Waals surface area contributed by atoms with Crippen LogP contribution in [0.1, 0.15) is 12.0 Å². The van der Waals surface area contributed by atoms with Crippen molar-refractivity contribution in [3.63, 3.8) is 0 Å². The van der Waals surface area contributed by atoms with Gasteiger partial charge in [0.05, 0.1) is 35.2 Å². The summed E-state index contributed by atoms with van der Waals surface area (Å²) in [6, 6.07) is 8.22. The summed E-state index contributed by atoms with van der Waals surface area (Å²) in [6.45, 7) is 1.15. The van der Waals surface area contributed by atoms with Gasteiger partial charge >= 0.3 is 6.18 Å². The number of carbonyl (C=O) groups excluding carboxylic acids is 1. The number of carbonyl (C=O) groups is 1. The van der Waals surface area contributed by atoms with E-state index in [2.05, 4.69) is 15.5 Å². The molecule has 0 aliphatic carbocycles. The van der Waals surface area contributed by atoms with Crippen LogP contribution in [0, 0.1) is 0 Å². The number of thioether (sulfide) groups is 1. The van der Waals surface area contributed by atoms with E-state index in [4.69, 9.17) is 21.1 Å². The topological polar surface area (TPSA) is 78.3 Å². The first-order valence-corrected chi connectivity index (χ1v) is 11.2. The van der Waals surface area contributed by atoms with Crippen molar-refractivity contribution in [1.82, 2.24) is 14.8 Å². The number of benzene rings is 2. The van der Waals surface area contributed by atoms with Gasteiger partial charge in [0.15, 0.2) is 22.5 Å². The second kappa shape index (κ2) is 9.52. The minimum Gasteiger partial charge on any atom is -0.490 e. The lowest BCUT2D eigenvalue weighted by Gasteiger charge is -2.11. The molecule has 0 spiro atoms. The van der Waals surface area contributed by atoms with Crippen LogP contribution in [-0.2, 0) is 18.0 Å². The molecule has 1 aliphatic heterocycles. The van der Waals surface area contributed by atoms with Gasteiger partial charge in [0.2, 0.25) is 5.91 Å². The number of hydrogen-bond donors (Lipinski definition) is 1. The van der Waals surface area contributed by atoms with Crippen molar-refractivity contribution in [2.24, 2.45) is 7.05 Å². The monoisotopic (exact) mass is 498 g/mol. The van der Waals surface area contributed by atoms with E-state index in [0.29, 0.717) is 35.7 Å². The number of anilines is 1. The summed E-state index contributed by atoms with van der Waals surface area (Å²) in [6.07, 6.45) is -3.75. The smallest absolute Gasteiger partial charge is 0.416 e. The molecule has 33 heavy (non-hydrogen) atoms. The molecule has 12 heteroatoms. The number of halogens is 4. The van der Waals surface area contributed by atoms with Crippen molar-refractivity contribution in [3.8, 4) is 22.9 Å². The van der Waals surface area contributed by atoms with Crippen molar-refractivity contribution in [1.29, 1.82) is 0 Å². The molecule has 0 atom stereocenters. The molecule has 174 valence electrons. The van der Waals surface area contributed by atoms with Crippen LogP contribution in [0.2, 0.25) is 5.02 Å². The highest BCUT2D eigenvalue weighted by atomic mass is 35.5. The summed E-state index contributed by atoms with van der Waals surface area (Å²) in [7, 11) is 1.75. The molecule has 3 aromatic rings. The number of hydrogen-bond acceptors (Lipinski definition) is 6. The maximum Gasteiger partial charge on any atom is 0.416 e. The highest BCUT2D eigenvalue weighted by molar-refractivity contribution is 7.99. The van der Waals surface area contributed by atoms with Crippen LogP contribution in [0.25, 0.3) is 11.4 Å². The number of ether oxygens (including phenoxy) is 2. The van der Waals surface area contributed by atoms with Crippen molar-refractivity contribution in [3.05, 3.63) is 47.0 Å². The van der Waals surface area contributed by atoms with Gasteiger partial charge in [0.1, 0.15) is 0 Å². The third kappa shape index (κ3) is 5.36.